The van der Waals surface area contributed by atoms with Gasteiger partial charge in [0.15, 0.2) is 0 Å². The molecule has 0 aliphatic carbocycles. The normalized spacial score (nSPS) is 10.9. The molecule has 0 saturated heterocycles. The summed E-state index contributed by atoms with van der Waals surface area (Å²) in [5.74, 6) is -2.26. The van der Waals surface area contributed by atoms with Crippen molar-refractivity contribution in [2.45, 2.75) is 12.6 Å². The first kappa shape index (κ1) is 14.7. The minimum Gasteiger partial charge on any atom is -0.478 e. The summed E-state index contributed by atoms with van der Waals surface area (Å²) in [5.41, 5.74) is -1.72. The molecule has 0 fully saturated rings. The Hall–Kier alpha value is -2.38. The van der Waals surface area contributed by atoms with Crippen LogP contribution in [0.4, 0.5) is 18.9 Å². The number of amides is 1. The van der Waals surface area contributed by atoms with Gasteiger partial charge in [0.2, 0.25) is 5.91 Å². The first-order chi connectivity index (χ1) is 8.70. The van der Waals surface area contributed by atoms with Gasteiger partial charge < -0.3 is 15.8 Å². The summed E-state index contributed by atoms with van der Waals surface area (Å²) >= 11 is 0. The lowest BCUT2D eigenvalue weighted by Crippen LogP contribution is -2.27. The molecule has 0 aromatic heterocycles. The number of anilines is 1. The van der Waals surface area contributed by atoms with E-state index in [1.165, 1.54) is 18.2 Å². The highest BCUT2D eigenvalue weighted by Crippen LogP contribution is 2.19. The second-order valence-corrected chi connectivity index (χ2v) is 3.59. The molecule has 0 aliphatic heterocycles. The van der Waals surface area contributed by atoms with Gasteiger partial charge in [-0.3, -0.25) is 4.79 Å². The minimum atomic E-state index is -4.85. The fourth-order valence-corrected chi connectivity index (χ4v) is 1.20. The number of alkyl halides is 3. The van der Waals surface area contributed by atoms with Crippen LogP contribution in [0, 0.1) is 5.41 Å². The fraction of sp³-hybridized carbons (Fsp3) is 0.182. The smallest absolute Gasteiger partial charge is 0.429 e. The van der Waals surface area contributed by atoms with Gasteiger partial charge in [-0.25, -0.2) is 4.79 Å². The first-order valence-corrected chi connectivity index (χ1v) is 4.98. The molecule has 0 atom stereocenters. The maximum absolute atomic E-state index is 12.0. The number of halogens is 3. The third-order valence-corrected chi connectivity index (χ3v) is 2.07. The molecule has 0 bridgehead atoms. The van der Waals surface area contributed by atoms with Crippen molar-refractivity contribution < 1.29 is 27.9 Å². The third kappa shape index (κ3) is 4.41. The molecule has 0 heterocycles. The number of carboxylic acid groups (broad SMARTS) is 1. The van der Waals surface area contributed by atoms with Crippen molar-refractivity contribution >= 4 is 23.3 Å². The molecule has 1 rings (SSSR count). The monoisotopic (exact) mass is 274 g/mol. The molecule has 1 amide bonds. The predicted octanol–water partition coefficient (Wildman–Crippen LogP) is 2.30. The number of hydrogen-bond donors (Lipinski definition) is 3. The van der Waals surface area contributed by atoms with Crippen LogP contribution in [0.15, 0.2) is 24.3 Å². The van der Waals surface area contributed by atoms with Gasteiger partial charge in [0.25, 0.3) is 0 Å². The number of rotatable bonds is 4. The molecule has 1 aromatic rings. The molecule has 19 heavy (non-hydrogen) atoms. The quantitative estimate of drug-likeness (QED) is 0.736. The Morgan fingerprint density at radius 3 is 2.47 bits per heavy atom. The lowest BCUT2D eigenvalue weighted by atomic mass is 10.2. The Balaban J connectivity index is 2.70. The summed E-state index contributed by atoms with van der Waals surface area (Å²) in [7, 11) is 0. The average molecular weight is 274 g/mol. The highest BCUT2D eigenvalue weighted by molar-refractivity contribution is 6.07. The number of nitrogens with one attached hydrogen (secondary N) is 2. The van der Waals surface area contributed by atoms with Gasteiger partial charge in [0.05, 0.1) is 12.0 Å². The fourth-order valence-electron chi connectivity index (χ4n) is 1.20. The highest BCUT2D eigenvalue weighted by Gasteiger charge is 2.35. The molecule has 8 heteroatoms. The van der Waals surface area contributed by atoms with E-state index in [2.05, 4.69) is 5.32 Å². The summed E-state index contributed by atoms with van der Waals surface area (Å²) < 4.78 is 36.1. The molecule has 0 aliphatic rings. The molecule has 0 unspecified atom stereocenters. The van der Waals surface area contributed by atoms with Crippen LogP contribution in [0.25, 0.3) is 0 Å². The molecule has 0 saturated carbocycles. The van der Waals surface area contributed by atoms with Gasteiger partial charge in [-0.2, -0.15) is 13.2 Å². The predicted molar refractivity (Wildman–Crippen MR) is 60.4 cm³/mol. The van der Waals surface area contributed by atoms with E-state index in [-0.39, 0.29) is 11.3 Å². The van der Waals surface area contributed by atoms with Crippen molar-refractivity contribution in [3.05, 3.63) is 29.8 Å². The average Bonchev–Trinajstić information content (AvgIpc) is 2.27. The van der Waals surface area contributed by atoms with Crippen molar-refractivity contribution in [2.75, 3.05) is 5.32 Å². The number of carbonyl (C=O) groups is 2. The van der Waals surface area contributed by atoms with E-state index >= 15 is 0 Å². The first-order valence-electron chi connectivity index (χ1n) is 4.98. The van der Waals surface area contributed by atoms with Gasteiger partial charge >= 0.3 is 12.1 Å². The zero-order chi connectivity index (χ0) is 14.6. The highest BCUT2D eigenvalue weighted by atomic mass is 19.4. The SMILES string of the molecule is N=C(CC(=O)Nc1cccc(C(=O)O)c1)C(F)(F)F. The number of carboxylic acids is 1. The molecule has 0 radical (unpaired) electrons. The maximum atomic E-state index is 12.0. The van der Waals surface area contributed by atoms with Gasteiger partial charge in [-0.15, -0.1) is 0 Å². The number of benzene rings is 1. The summed E-state index contributed by atoms with van der Waals surface area (Å²) in [5, 5.41) is 17.5. The lowest BCUT2D eigenvalue weighted by molar-refractivity contribution is -0.116. The van der Waals surface area contributed by atoms with E-state index in [4.69, 9.17) is 10.5 Å². The van der Waals surface area contributed by atoms with Crippen LogP contribution in [0.1, 0.15) is 16.8 Å². The molecule has 3 N–H and O–H groups in total. The van der Waals surface area contributed by atoms with Crippen LogP contribution in [0.5, 0.6) is 0 Å². The molecule has 0 spiro atoms. The van der Waals surface area contributed by atoms with Crippen molar-refractivity contribution in [1.82, 2.24) is 0 Å². The minimum absolute atomic E-state index is 0.0554. The van der Waals surface area contributed by atoms with Crippen molar-refractivity contribution in [3.8, 4) is 0 Å². The lowest BCUT2D eigenvalue weighted by Gasteiger charge is -2.09. The number of carbonyl (C=O) groups excluding carboxylic acids is 1. The Morgan fingerprint density at radius 2 is 1.95 bits per heavy atom. The van der Waals surface area contributed by atoms with E-state index in [1.54, 1.807) is 0 Å². The van der Waals surface area contributed by atoms with Crippen molar-refractivity contribution in [3.63, 3.8) is 0 Å². The van der Waals surface area contributed by atoms with Crippen LogP contribution >= 0.6 is 0 Å². The molecular formula is C11H9F3N2O3. The third-order valence-electron chi connectivity index (χ3n) is 2.07. The molecule has 5 nitrogen and oxygen atoms in total. The van der Waals surface area contributed by atoms with E-state index in [9.17, 15) is 22.8 Å². The van der Waals surface area contributed by atoms with E-state index < -0.39 is 30.2 Å². The summed E-state index contributed by atoms with van der Waals surface area (Å²) in [6.45, 7) is 0. The standard InChI is InChI=1S/C11H9F3N2O3/c12-11(13,14)8(15)5-9(17)16-7-3-1-2-6(4-7)10(18)19/h1-4,15H,5H2,(H,16,17)(H,18,19). The van der Waals surface area contributed by atoms with E-state index in [1.807, 2.05) is 0 Å². The largest absolute Gasteiger partial charge is 0.478 e. The van der Waals surface area contributed by atoms with Crippen LogP contribution in [0.2, 0.25) is 0 Å². The van der Waals surface area contributed by atoms with E-state index in [0.717, 1.165) is 6.07 Å². The second-order valence-electron chi connectivity index (χ2n) is 3.59. The van der Waals surface area contributed by atoms with E-state index in [0.29, 0.717) is 0 Å². The zero-order valence-corrected chi connectivity index (χ0v) is 9.41. The van der Waals surface area contributed by atoms with Crippen LogP contribution in [-0.2, 0) is 4.79 Å². The van der Waals surface area contributed by atoms with Gasteiger partial charge in [0.1, 0.15) is 5.71 Å². The number of hydrogen-bond acceptors (Lipinski definition) is 3. The topological polar surface area (TPSA) is 90.3 Å². The van der Waals surface area contributed by atoms with Gasteiger partial charge in [-0.1, -0.05) is 6.07 Å². The maximum Gasteiger partial charge on any atom is 0.429 e. The molecule has 1 aromatic carbocycles. The Bertz CT molecular complexity index is 526. The summed E-state index contributed by atoms with van der Waals surface area (Å²) in [6, 6.07) is 5.06. The Morgan fingerprint density at radius 1 is 1.32 bits per heavy atom. The molecular weight excluding hydrogens is 265 g/mol. The zero-order valence-electron chi connectivity index (χ0n) is 9.41. The van der Waals surface area contributed by atoms with Crippen LogP contribution < -0.4 is 5.32 Å². The van der Waals surface area contributed by atoms with Crippen LogP contribution in [-0.4, -0.2) is 28.9 Å². The second kappa shape index (κ2) is 5.51. The summed E-state index contributed by atoms with van der Waals surface area (Å²) in [4.78, 5) is 21.9. The Labute approximate surface area is 105 Å². The van der Waals surface area contributed by atoms with Crippen LogP contribution in [0.3, 0.4) is 0 Å². The molecule has 102 valence electrons. The number of aromatic carboxylic acids is 1. The Kier molecular flexibility index (Phi) is 4.26. The van der Waals surface area contributed by atoms with Gasteiger partial charge in [0, 0.05) is 5.69 Å². The summed E-state index contributed by atoms with van der Waals surface area (Å²) in [6.07, 6.45) is -5.97. The van der Waals surface area contributed by atoms with Crippen molar-refractivity contribution in [1.29, 1.82) is 5.41 Å². The van der Waals surface area contributed by atoms with Gasteiger partial charge in [-0.05, 0) is 18.2 Å². The van der Waals surface area contributed by atoms with Crippen molar-refractivity contribution in [2.24, 2.45) is 0 Å².